The summed E-state index contributed by atoms with van der Waals surface area (Å²) in [5.41, 5.74) is -0.376. The lowest BCUT2D eigenvalue weighted by atomic mass is 10.2. The van der Waals surface area contributed by atoms with Crippen LogP contribution < -0.4 is 9.62 Å². The van der Waals surface area contributed by atoms with Gasteiger partial charge in [0.2, 0.25) is 15.9 Å². The van der Waals surface area contributed by atoms with Gasteiger partial charge >= 0.3 is 0 Å². The van der Waals surface area contributed by atoms with Crippen molar-refractivity contribution in [2.75, 3.05) is 15.9 Å². The molecular formula is C16H16FN3O5S. The number of hydrogen-bond donors (Lipinski definition) is 1. The van der Waals surface area contributed by atoms with E-state index in [9.17, 15) is 27.7 Å². The number of amides is 1. The number of carbonyl (C=O) groups is 1. The van der Waals surface area contributed by atoms with Gasteiger partial charge in [-0.1, -0.05) is 18.2 Å². The minimum absolute atomic E-state index is 0.123. The second kappa shape index (κ2) is 7.48. The molecule has 0 aliphatic heterocycles. The molecule has 0 spiro atoms. The first kappa shape index (κ1) is 19.3. The smallest absolute Gasteiger partial charge is 0.271 e. The number of rotatable bonds is 6. The van der Waals surface area contributed by atoms with E-state index in [2.05, 4.69) is 5.32 Å². The molecule has 0 aromatic heterocycles. The summed E-state index contributed by atoms with van der Waals surface area (Å²) in [5.74, 6) is -1.56. The summed E-state index contributed by atoms with van der Waals surface area (Å²) >= 11 is 0. The van der Waals surface area contributed by atoms with Crippen molar-refractivity contribution in [2.24, 2.45) is 0 Å². The molecule has 2 aromatic rings. The third-order valence-electron chi connectivity index (χ3n) is 3.50. The molecular weight excluding hydrogens is 365 g/mol. The Balaban J connectivity index is 2.33. The van der Waals surface area contributed by atoms with E-state index in [0.29, 0.717) is 4.31 Å². The Morgan fingerprint density at radius 1 is 1.23 bits per heavy atom. The Kier molecular flexibility index (Phi) is 5.56. The molecule has 10 heteroatoms. The highest BCUT2D eigenvalue weighted by molar-refractivity contribution is 7.92. The highest BCUT2D eigenvalue weighted by atomic mass is 32.2. The summed E-state index contributed by atoms with van der Waals surface area (Å²) in [6, 6.07) is 9.07. The number of para-hydroxylation sites is 1. The SMILES string of the molecule is CC(C(=O)Nc1cccc([N+](=O)[O-])c1)N(c1ccccc1F)S(C)(=O)=O. The van der Waals surface area contributed by atoms with Gasteiger partial charge in [0.25, 0.3) is 5.69 Å². The zero-order valence-corrected chi connectivity index (χ0v) is 14.7. The predicted octanol–water partition coefficient (Wildman–Crippen LogP) is 2.53. The van der Waals surface area contributed by atoms with E-state index in [-0.39, 0.29) is 17.1 Å². The van der Waals surface area contributed by atoms with E-state index in [1.807, 2.05) is 0 Å². The molecule has 0 aliphatic rings. The molecule has 1 amide bonds. The maximum absolute atomic E-state index is 14.0. The average Bonchev–Trinajstić information content (AvgIpc) is 2.55. The van der Waals surface area contributed by atoms with Crippen LogP contribution in [0.25, 0.3) is 0 Å². The number of sulfonamides is 1. The van der Waals surface area contributed by atoms with Crippen molar-refractivity contribution in [1.82, 2.24) is 0 Å². The van der Waals surface area contributed by atoms with E-state index in [0.717, 1.165) is 18.4 Å². The highest BCUT2D eigenvalue weighted by Gasteiger charge is 2.31. The molecule has 0 bridgehead atoms. The van der Waals surface area contributed by atoms with Crippen LogP contribution in [0.3, 0.4) is 0 Å². The number of hydrogen-bond acceptors (Lipinski definition) is 5. The number of halogens is 1. The molecule has 2 aromatic carbocycles. The molecule has 2 rings (SSSR count). The zero-order valence-electron chi connectivity index (χ0n) is 13.9. The number of nitrogens with one attached hydrogen (secondary N) is 1. The van der Waals surface area contributed by atoms with Crippen LogP contribution in [-0.2, 0) is 14.8 Å². The molecule has 0 aliphatic carbocycles. The van der Waals surface area contributed by atoms with Gasteiger partial charge in [-0.2, -0.15) is 0 Å². The Labute approximate surface area is 149 Å². The highest BCUT2D eigenvalue weighted by Crippen LogP contribution is 2.25. The summed E-state index contributed by atoms with van der Waals surface area (Å²) in [4.78, 5) is 22.6. The molecule has 1 N–H and O–H groups in total. The second-order valence-corrected chi connectivity index (χ2v) is 7.34. The van der Waals surface area contributed by atoms with Crippen molar-refractivity contribution in [3.05, 3.63) is 64.5 Å². The largest absolute Gasteiger partial charge is 0.324 e. The molecule has 0 saturated carbocycles. The van der Waals surface area contributed by atoms with Crippen molar-refractivity contribution in [3.63, 3.8) is 0 Å². The van der Waals surface area contributed by atoms with Crippen LogP contribution >= 0.6 is 0 Å². The number of benzene rings is 2. The number of nitro benzene ring substituents is 1. The van der Waals surface area contributed by atoms with Crippen LogP contribution in [0, 0.1) is 15.9 Å². The lowest BCUT2D eigenvalue weighted by Crippen LogP contribution is -2.45. The first-order valence-electron chi connectivity index (χ1n) is 7.40. The lowest BCUT2D eigenvalue weighted by Gasteiger charge is -2.28. The lowest BCUT2D eigenvalue weighted by molar-refractivity contribution is -0.384. The van der Waals surface area contributed by atoms with Crippen LogP contribution in [-0.4, -0.2) is 31.5 Å². The number of non-ortho nitro benzene ring substituents is 1. The number of nitrogens with zero attached hydrogens (tertiary/aromatic N) is 2. The fraction of sp³-hybridized carbons (Fsp3) is 0.188. The molecule has 0 heterocycles. The first-order chi connectivity index (χ1) is 12.1. The Morgan fingerprint density at radius 3 is 2.46 bits per heavy atom. The molecule has 0 fully saturated rings. The van der Waals surface area contributed by atoms with Crippen LogP contribution in [0.4, 0.5) is 21.5 Å². The van der Waals surface area contributed by atoms with Crippen molar-refractivity contribution in [3.8, 4) is 0 Å². The van der Waals surface area contributed by atoms with Gasteiger partial charge < -0.3 is 5.32 Å². The molecule has 138 valence electrons. The quantitative estimate of drug-likeness (QED) is 0.611. The van der Waals surface area contributed by atoms with Gasteiger partial charge in [0.15, 0.2) is 0 Å². The predicted molar refractivity (Wildman–Crippen MR) is 94.9 cm³/mol. The Bertz CT molecular complexity index is 948. The van der Waals surface area contributed by atoms with Crippen molar-refractivity contribution >= 4 is 33.0 Å². The van der Waals surface area contributed by atoms with E-state index < -0.39 is 32.7 Å². The Morgan fingerprint density at radius 2 is 1.88 bits per heavy atom. The summed E-state index contributed by atoms with van der Waals surface area (Å²) in [6.07, 6.45) is 0.858. The number of nitro groups is 1. The van der Waals surface area contributed by atoms with Crippen molar-refractivity contribution < 1.29 is 22.5 Å². The fourth-order valence-electron chi connectivity index (χ4n) is 2.36. The summed E-state index contributed by atoms with van der Waals surface area (Å²) in [7, 11) is -3.97. The topological polar surface area (TPSA) is 110 Å². The zero-order chi connectivity index (χ0) is 19.5. The molecule has 0 saturated heterocycles. The van der Waals surface area contributed by atoms with Crippen molar-refractivity contribution in [2.45, 2.75) is 13.0 Å². The van der Waals surface area contributed by atoms with Crippen LogP contribution in [0.15, 0.2) is 48.5 Å². The molecule has 8 nitrogen and oxygen atoms in total. The summed E-state index contributed by atoms with van der Waals surface area (Å²) < 4.78 is 38.9. The number of anilines is 2. The molecule has 26 heavy (non-hydrogen) atoms. The second-order valence-electron chi connectivity index (χ2n) is 5.48. The van der Waals surface area contributed by atoms with E-state index in [1.165, 1.54) is 43.3 Å². The van der Waals surface area contributed by atoms with E-state index >= 15 is 0 Å². The standard InChI is InChI=1S/C16H16FN3O5S/c1-11(16(21)18-12-6-5-7-13(10-12)20(22)23)19(26(2,24)25)15-9-4-3-8-14(15)17/h3-11H,1-2H3,(H,18,21). The Hall–Kier alpha value is -3.01. The minimum atomic E-state index is -3.97. The fourth-order valence-corrected chi connectivity index (χ4v) is 3.53. The van der Waals surface area contributed by atoms with Gasteiger partial charge in [-0.3, -0.25) is 19.2 Å². The van der Waals surface area contributed by atoms with Gasteiger partial charge in [-0.25, -0.2) is 12.8 Å². The maximum Gasteiger partial charge on any atom is 0.271 e. The van der Waals surface area contributed by atoms with E-state index in [4.69, 9.17) is 0 Å². The third kappa shape index (κ3) is 4.33. The van der Waals surface area contributed by atoms with E-state index in [1.54, 1.807) is 0 Å². The summed E-state index contributed by atoms with van der Waals surface area (Å²) in [6.45, 7) is 1.29. The minimum Gasteiger partial charge on any atom is -0.324 e. The molecule has 1 unspecified atom stereocenters. The van der Waals surface area contributed by atoms with Gasteiger partial charge in [-0.15, -0.1) is 0 Å². The third-order valence-corrected chi connectivity index (χ3v) is 4.73. The number of carbonyl (C=O) groups excluding carboxylic acids is 1. The first-order valence-corrected chi connectivity index (χ1v) is 9.25. The van der Waals surface area contributed by atoms with Gasteiger partial charge in [0.1, 0.15) is 11.9 Å². The monoisotopic (exact) mass is 381 g/mol. The van der Waals surface area contributed by atoms with Crippen LogP contribution in [0.1, 0.15) is 6.92 Å². The maximum atomic E-state index is 14.0. The molecule has 0 radical (unpaired) electrons. The normalized spacial score (nSPS) is 12.3. The summed E-state index contributed by atoms with van der Waals surface area (Å²) in [5, 5.41) is 13.2. The van der Waals surface area contributed by atoms with Gasteiger partial charge in [0, 0.05) is 17.8 Å². The van der Waals surface area contributed by atoms with Crippen LogP contribution in [0.2, 0.25) is 0 Å². The van der Waals surface area contributed by atoms with Gasteiger partial charge in [-0.05, 0) is 25.1 Å². The van der Waals surface area contributed by atoms with Gasteiger partial charge in [0.05, 0.1) is 16.9 Å². The van der Waals surface area contributed by atoms with Crippen molar-refractivity contribution in [1.29, 1.82) is 0 Å². The average molecular weight is 381 g/mol. The van der Waals surface area contributed by atoms with Crippen LogP contribution in [0.5, 0.6) is 0 Å². The molecule has 1 atom stereocenters.